The molecule has 0 heterocycles. The second-order valence-electron chi connectivity index (χ2n) is 1.52. The van der Waals surface area contributed by atoms with Crippen LogP contribution in [0.1, 0.15) is 0 Å². The molecule has 0 amide bonds. The van der Waals surface area contributed by atoms with Crippen molar-refractivity contribution >= 4 is 58.2 Å². The molecule has 0 aromatic rings. The molecule has 0 aromatic heterocycles. The Bertz CT molecular complexity index is 138. The lowest BCUT2D eigenvalue weighted by molar-refractivity contribution is 1.71. The summed E-state index contributed by atoms with van der Waals surface area (Å²) in [5.41, 5.74) is 0. The molecule has 0 saturated heterocycles. The van der Waals surface area contributed by atoms with E-state index >= 15 is 0 Å². The molecule has 0 saturated carbocycles. The van der Waals surface area contributed by atoms with E-state index in [-0.39, 0.29) is 0 Å². The summed E-state index contributed by atoms with van der Waals surface area (Å²) in [5, 5.41) is 0. The third kappa shape index (κ3) is 11.0. The van der Waals surface area contributed by atoms with Gasteiger partial charge in [-0.2, -0.15) is 11.8 Å². The smallest absolute Gasteiger partial charge is 0.103 e. The van der Waals surface area contributed by atoms with Gasteiger partial charge in [-0.15, -0.1) is 0 Å². The van der Waals surface area contributed by atoms with Crippen LogP contribution >= 0.6 is 58.2 Å². The number of halogens is 4. The molecule has 0 atom stereocenters. The summed E-state index contributed by atoms with van der Waals surface area (Å²) >= 11 is 23.1. The van der Waals surface area contributed by atoms with Crippen molar-refractivity contribution in [1.82, 2.24) is 0 Å². The number of hydrogen-bond acceptors (Lipinski definition) is 1. The first-order valence-corrected chi connectivity index (χ1v) is 5.39. The fourth-order valence-electron chi connectivity index (χ4n) is 0.312. The Hall–Kier alpha value is 0.990. The van der Waals surface area contributed by atoms with Crippen LogP contribution in [0.4, 0.5) is 0 Å². The summed E-state index contributed by atoms with van der Waals surface area (Å²) < 4.78 is 0.580. The van der Waals surface area contributed by atoms with Crippen LogP contribution < -0.4 is 0 Å². The Kier molecular flexibility index (Phi) is 8.32. The quantitative estimate of drug-likeness (QED) is 0.670. The lowest BCUT2D eigenvalue weighted by Gasteiger charge is -1.90. The van der Waals surface area contributed by atoms with Crippen molar-refractivity contribution in [3.63, 3.8) is 0 Å². The highest BCUT2D eigenvalue weighted by atomic mass is 35.5. The maximum Gasteiger partial charge on any atom is 0.103 e. The summed E-state index contributed by atoms with van der Waals surface area (Å²) in [6.07, 6.45) is 3.42. The summed E-state index contributed by atoms with van der Waals surface area (Å²) in [5.74, 6) is 1.53. The first-order valence-electron chi connectivity index (χ1n) is 2.73. The maximum absolute atomic E-state index is 5.36. The second kappa shape index (κ2) is 7.63. The van der Waals surface area contributed by atoms with Gasteiger partial charge >= 0.3 is 0 Å². The standard InChI is InChI=1S/C6H6Cl4S/c7-5(8)1-3-11-4-2-6(9)10/h1-2H,3-4H2. The molecule has 0 aromatic carbocycles. The zero-order valence-electron chi connectivity index (χ0n) is 5.49. The van der Waals surface area contributed by atoms with E-state index in [0.29, 0.717) is 8.98 Å². The van der Waals surface area contributed by atoms with Gasteiger partial charge < -0.3 is 0 Å². The molecule has 0 aliphatic heterocycles. The van der Waals surface area contributed by atoms with Crippen molar-refractivity contribution in [2.45, 2.75) is 0 Å². The van der Waals surface area contributed by atoms with Crippen LogP contribution in [0.15, 0.2) is 21.1 Å². The number of hydrogen-bond donors (Lipinski definition) is 0. The van der Waals surface area contributed by atoms with Crippen LogP contribution in [-0.4, -0.2) is 11.5 Å². The lowest BCUT2D eigenvalue weighted by Crippen LogP contribution is -1.74. The first-order chi connectivity index (χ1) is 5.13. The molecule has 11 heavy (non-hydrogen) atoms. The van der Waals surface area contributed by atoms with E-state index in [2.05, 4.69) is 0 Å². The minimum atomic E-state index is 0.290. The zero-order valence-corrected chi connectivity index (χ0v) is 9.33. The molecule has 64 valence electrons. The Labute approximate surface area is 90.5 Å². The first kappa shape index (κ1) is 12.0. The van der Waals surface area contributed by atoms with Crippen molar-refractivity contribution in [2.75, 3.05) is 11.5 Å². The van der Waals surface area contributed by atoms with E-state index in [0.717, 1.165) is 11.5 Å². The zero-order chi connectivity index (χ0) is 8.69. The summed E-state index contributed by atoms with van der Waals surface area (Å²) in [6, 6.07) is 0. The predicted molar refractivity (Wildman–Crippen MR) is 56.9 cm³/mol. The predicted octanol–water partition coefficient (Wildman–Crippen LogP) is 4.36. The fraction of sp³-hybridized carbons (Fsp3) is 0.333. The van der Waals surface area contributed by atoms with Crippen LogP contribution in [0.2, 0.25) is 0 Å². The highest BCUT2D eigenvalue weighted by molar-refractivity contribution is 7.99. The van der Waals surface area contributed by atoms with Crippen molar-refractivity contribution in [2.24, 2.45) is 0 Å². The highest BCUT2D eigenvalue weighted by Gasteiger charge is 1.86. The molecule has 0 rings (SSSR count). The Morgan fingerprint density at radius 3 is 1.55 bits per heavy atom. The molecule has 0 aliphatic rings. The van der Waals surface area contributed by atoms with Gasteiger partial charge in [-0.1, -0.05) is 46.4 Å². The van der Waals surface area contributed by atoms with Gasteiger partial charge in [-0.3, -0.25) is 0 Å². The summed E-state index contributed by atoms with van der Waals surface area (Å²) in [4.78, 5) is 0. The second-order valence-corrected chi connectivity index (χ2v) is 4.62. The summed E-state index contributed by atoms with van der Waals surface area (Å²) in [6.45, 7) is 0. The molecular weight excluding hydrogens is 246 g/mol. The molecule has 0 fully saturated rings. The normalized spacial score (nSPS) is 9.09. The molecule has 0 radical (unpaired) electrons. The van der Waals surface area contributed by atoms with Crippen LogP contribution in [-0.2, 0) is 0 Å². The van der Waals surface area contributed by atoms with Crippen LogP contribution in [0.5, 0.6) is 0 Å². The molecule has 0 aliphatic carbocycles. The summed E-state index contributed by atoms with van der Waals surface area (Å²) in [7, 11) is 0. The van der Waals surface area contributed by atoms with Gasteiger partial charge in [0.2, 0.25) is 0 Å². The van der Waals surface area contributed by atoms with Gasteiger partial charge in [-0.25, -0.2) is 0 Å². The molecule has 5 heteroatoms. The highest BCUT2D eigenvalue weighted by Crippen LogP contribution is 2.12. The average Bonchev–Trinajstić information content (AvgIpc) is 1.85. The Morgan fingerprint density at radius 2 is 1.27 bits per heavy atom. The monoisotopic (exact) mass is 250 g/mol. The molecule has 0 unspecified atom stereocenters. The van der Waals surface area contributed by atoms with Gasteiger partial charge in [-0.05, 0) is 12.2 Å². The van der Waals surface area contributed by atoms with Crippen LogP contribution in [0.25, 0.3) is 0 Å². The Balaban J connectivity index is 3.29. The van der Waals surface area contributed by atoms with E-state index in [4.69, 9.17) is 46.4 Å². The molecular formula is C6H6Cl4S. The SMILES string of the molecule is ClC(Cl)=CCSCC=C(Cl)Cl. The van der Waals surface area contributed by atoms with Crippen molar-refractivity contribution in [1.29, 1.82) is 0 Å². The number of rotatable bonds is 4. The average molecular weight is 252 g/mol. The largest absolute Gasteiger partial charge is 0.153 e. The van der Waals surface area contributed by atoms with Crippen molar-refractivity contribution < 1.29 is 0 Å². The minimum absolute atomic E-state index is 0.290. The van der Waals surface area contributed by atoms with Gasteiger partial charge in [0.05, 0.1) is 0 Å². The fourth-order valence-corrected chi connectivity index (χ4v) is 1.69. The Morgan fingerprint density at radius 1 is 0.909 bits per heavy atom. The van der Waals surface area contributed by atoms with E-state index < -0.39 is 0 Å². The topological polar surface area (TPSA) is 0 Å². The van der Waals surface area contributed by atoms with E-state index in [9.17, 15) is 0 Å². The molecule has 0 bridgehead atoms. The van der Waals surface area contributed by atoms with Gasteiger partial charge in [0.25, 0.3) is 0 Å². The van der Waals surface area contributed by atoms with Gasteiger partial charge in [0.15, 0.2) is 0 Å². The maximum atomic E-state index is 5.36. The molecule has 0 N–H and O–H groups in total. The van der Waals surface area contributed by atoms with E-state index in [1.54, 1.807) is 23.9 Å². The molecule has 0 nitrogen and oxygen atoms in total. The van der Waals surface area contributed by atoms with Crippen molar-refractivity contribution in [3.05, 3.63) is 21.1 Å². The van der Waals surface area contributed by atoms with Crippen LogP contribution in [0, 0.1) is 0 Å². The third-order valence-electron chi connectivity index (χ3n) is 0.711. The van der Waals surface area contributed by atoms with E-state index in [1.807, 2.05) is 0 Å². The van der Waals surface area contributed by atoms with Crippen LogP contribution in [0.3, 0.4) is 0 Å². The minimum Gasteiger partial charge on any atom is -0.153 e. The van der Waals surface area contributed by atoms with Gasteiger partial charge in [0.1, 0.15) is 8.98 Å². The lowest BCUT2D eigenvalue weighted by atomic mass is 10.7. The van der Waals surface area contributed by atoms with Crippen molar-refractivity contribution in [3.8, 4) is 0 Å². The molecule has 0 spiro atoms. The number of thioether (sulfide) groups is 1. The van der Waals surface area contributed by atoms with E-state index in [1.165, 1.54) is 0 Å². The van der Waals surface area contributed by atoms with Gasteiger partial charge in [0, 0.05) is 11.5 Å². The third-order valence-corrected chi connectivity index (χ3v) is 2.13.